The number of nitrogens with one attached hydrogen (secondary N) is 1. The van der Waals surface area contributed by atoms with Crippen molar-refractivity contribution < 1.29 is 4.74 Å². The minimum Gasteiger partial charge on any atom is -0.481 e. The van der Waals surface area contributed by atoms with Crippen LogP contribution in [-0.2, 0) is 13.0 Å². The molecule has 0 fully saturated rings. The average Bonchev–Trinajstić information content (AvgIpc) is 2.56. The Kier molecular flexibility index (Phi) is 5.76. The molecule has 0 saturated heterocycles. The summed E-state index contributed by atoms with van der Waals surface area (Å²) < 4.78 is 5.08. The van der Waals surface area contributed by atoms with Gasteiger partial charge in [-0.3, -0.25) is 0 Å². The van der Waals surface area contributed by atoms with E-state index in [0.29, 0.717) is 11.9 Å². The zero-order chi connectivity index (χ0) is 15.1. The number of ether oxygens (including phenoxy) is 1. The molecule has 0 aliphatic heterocycles. The Morgan fingerprint density at radius 3 is 2.29 bits per heavy atom. The van der Waals surface area contributed by atoms with Crippen molar-refractivity contribution in [1.29, 1.82) is 0 Å². The van der Waals surface area contributed by atoms with Crippen molar-refractivity contribution in [2.24, 2.45) is 0 Å². The van der Waals surface area contributed by atoms with Crippen LogP contribution in [0.2, 0.25) is 0 Å². The molecule has 1 aromatic heterocycles. The third-order valence-electron chi connectivity index (χ3n) is 3.76. The number of benzene rings is 1. The van der Waals surface area contributed by atoms with Gasteiger partial charge in [-0.05, 0) is 29.5 Å². The maximum atomic E-state index is 5.08. The second-order valence-corrected chi connectivity index (χ2v) is 5.15. The van der Waals surface area contributed by atoms with E-state index in [9.17, 15) is 0 Å². The first kappa shape index (κ1) is 15.5. The molecule has 2 aromatic rings. The molecule has 1 aromatic carbocycles. The predicted octanol–water partition coefficient (Wildman–Crippen LogP) is 3.89. The second-order valence-electron chi connectivity index (χ2n) is 5.15. The van der Waals surface area contributed by atoms with Crippen LogP contribution in [0.1, 0.15) is 43.0 Å². The van der Waals surface area contributed by atoms with E-state index >= 15 is 0 Å². The van der Waals surface area contributed by atoms with Gasteiger partial charge in [0.05, 0.1) is 7.11 Å². The molecule has 1 unspecified atom stereocenters. The smallest absolute Gasteiger partial charge is 0.212 e. The fourth-order valence-corrected chi connectivity index (χ4v) is 2.36. The zero-order valence-electron chi connectivity index (χ0n) is 13.1. The first-order valence-electron chi connectivity index (χ1n) is 7.58. The minimum atomic E-state index is 0.373. The summed E-state index contributed by atoms with van der Waals surface area (Å²) >= 11 is 0. The van der Waals surface area contributed by atoms with Crippen molar-refractivity contribution in [3.63, 3.8) is 0 Å². The molecule has 0 aliphatic carbocycles. The van der Waals surface area contributed by atoms with E-state index in [0.717, 1.165) is 19.4 Å². The van der Waals surface area contributed by atoms with Crippen molar-refractivity contribution >= 4 is 0 Å². The number of methoxy groups -OCH3 is 1. The minimum absolute atomic E-state index is 0.373. The topological polar surface area (TPSA) is 34.1 Å². The molecule has 0 saturated carbocycles. The van der Waals surface area contributed by atoms with Gasteiger partial charge in [0.15, 0.2) is 0 Å². The molecule has 0 spiro atoms. The van der Waals surface area contributed by atoms with Gasteiger partial charge in [-0.1, -0.05) is 44.2 Å². The van der Waals surface area contributed by atoms with E-state index in [1.165, 1.54) is 16.7 Å². The number of hydrogen-bond acceptors (Lipinski definition) is 3. The summed E-state index contributed by atoms with van der Waals surface area (Å²) in [6, 6.07) is 13.2. The fraction of sp³-hybridized carbons (Fsp3) is 0.389. The molecule has 21 heavy (non-hydrogen) atoms. The standard InChI is InChI=1S/C18H24N2O/c1-4-14-6-9-16(10-7-14)17(5-2)19-12-15-8-11-18(21-3)20-13-15/h6-11,13,17,19H,4-5,12H2,1-3H3. The number of aryl methyl sites for hydroxylation is 1. The van der Waals surface area contributed by atoms with Gasteiger partial charge in [0.1, 0.15) is 0 Å². The van der Waals surface area contributed by atoms with Crippen LogP contribution < -0.4 is 10.1 Å². The molecule has 0 aliphatic rings. The summed E-state index contributed by atoms with van der Waals surface area (Å²) in [5.74, 6) is 0.654. The summed E-state index contributed by atoms with van der Waals surface area (Å²) in [6.45, 7) is 5.20. The summed E-state index contributed by atoms with van der Waals surface area (Å²) in [6.07, 6.45) is 4.01. The molecule has 0 radical (unpaired) electrons. The molecule has 3 nitrogen and oxygen atoms in total. The second kappa shape index (κ2) is 7.79. The highest BCUT2D eigenvalue weighted by Crippen LogP contribution is 2.18. The molecule has 3 heteroatoms. The Balaban J connectivity index is 1.97. The van der Waals surface area contributed by atoms with Crippen LogP contribution in [0.15, 0.2) is 42.6 Å². The SMILES string of the molecule is CCc1ccc(C(CC)NCc2ccc(OC)nc2)cc1. The molecule has 1 atom stereocenters. The Bertz CT molecular complexity index is 534. The van der Waals surface area contributed by atoms with E-state index in [1.807, 2.05) is 18.3 Å². The van der Waals surface area contributed by atoms with Crippen molar-refractivity contribution in [3.8, 4) is 5.88 Å². The van der Waals surface area contributed by atoms with Crippen LogP contribution in [0.3, 0.4) is 0 Å². The fourth-order valence-electron chi connectivity index (χ4n) is 2.36. The lowest BCUT2D eigenvalue weighted by Gasteiger charge is -2.18. The largest absolute Gasteiger partial charge is 0.481 e. The van der Waals surface area contributed by atoms with Gasteiger partial charge in [0, 0.05) is 24.8 Å². The third kappa shape index (κ3) is 4.30. The molecule has 1 heterocycles. The number of aromatic nitrogens is 1. The summed E-state index contributed by atoms with van der Waals surface area (Å²) in [5, 5.41) is 3.60. The van der Waals surface area contributed by atoms with Crippen molar-refractivity contribution in [2.75, 3.05) is 7.11 Å². The molecular formula is C18H24N2O. The highest BCUT2D eigenvalue weighted by molar-refractivity contribution is 5.25. The van der Waals surface area contributed by atoms with E-state index in [2.05, 4.69) is 48.4 Å². The summed E-state index contributed by atoms with van der Waals surface area (Å²) in [4.78, 5) is 4.23. The van der Waals surface area contributed by atoms with Gasteiger partial charge in [0.2, 0.25) is 5.88 Å². The molecule has 112 valence electrons. The molecule has 0 bridgehead atoms. The first-order chi connectivity index (χ1) is 10.3. The number of nitrogens with zero attached hydrogens (tertiary/aromatic N) is 1. The van der Waals surface area contributed by atoms with E-state index in [-0.39, 0.29) is 0 Å². The number of rotatable bonds is 7. The lowest BCUT2D eigenvalue weighted by molar-refractivity contribution is 0.397. The monoisotopic (exact) mass is 284 g/mol. The Hall–Kier alpha value is -1.87. The van der Waals surface area contributed by atoms with Crippen LogP contribution in [0.5, 0.6) is 5.88 Å². The van der Waals surface area contributed by atoms with Crippen LogP contribution in [0.4, 0.5) is 0 Å². The van der Waals surface area contributed by atoms with Gasteiger partial charge in [0.25, 0.3) is 0 Å². The maximum Gasteiger partial charge on any atom is 0.212 e. The average molecular weight is 284 g/mol. The van der Waals surface area contributed by atoms with Crippen LogP contribution in [0, 0.1) is 0 Å². The highest BCUT2D eigenvalue weighted by Gasteiger charge is 2.08. The van der Waals surface area contributed by atoms with E-state index in [1.54, 1.807) is 7.11 Å². The van der Waals surface area contributed by atoms with E-state index in [4.69, 9.17) is 4.74 Å². The van der Waals surface area contributed by atoms with E-state index < -0.39 is 0 Å². The quantitative estimate of drug-likeness (QED) is 0.837. The molecular weight excluding hydrogens is 260 g/mol. The van der Waals surface area contributed by atoms with Gasteiger partial charge in [-0.25, -0.2) is 4.98 Å². The number of hydrogen-bond donors (Lipinski definition) is 1. The molecule has 1 N–H and O–H groups in total. The van der Waals surface area contributed by atoms with Crippen molar-refractivity contribution in [2.45, 2.75) is 39.3 Å². The summed E-state index contributed by atoms with van der Waals surface area (Å²) in [5.41, 5.74) is 3.89. The van der Waals surface area contributed by atoms with Crippen molar-refractivity contribution in [1.82, 2.24) is 10.3 Å². The predicted molar refractivity (Wildman–Crippen MR) is 86.5 cm³/mol. The van der Waals surface area contributed by atoms with Gasteiger partial charge in [-0.15, -0.1) is 0 Å². The lowest BCUT2D eigenvalue weighted by atomic mass is 10.0. The lowest BCUT2D eigenvalue weighted by Crippen LogP contribution is -2.20. The van der Waals surface area contributed by atoms with Gasteiger partial charge >= 0.3 is 0 Å². The zero-order valence-corrected chi connectivity index (χ0v) is 13.1. The van der Waals surface area contributed by atoms with Gasteiger partial charge in [-0.2, -0.15) is 0 Å². The third-order valence-corrected chi connectivity index (χ3v) is 3.76. The van der Waals surface area contributed by atoms with Crippen LogP contribution >= 0.6 is 0 Å². The first-order valence-corrected chi connectivity index (χ1v) is 7.58. The maximum absolute atomic E-state index is 5.08. The van der Waals surface area contributed by atoms with Gasteiger partial charge < -0.3 is 10.1 Å². The Morgan fingerprint density at radius 1 is 1.05 bits per heavy atom. The van der Waals surface area contributed by atoms with Crippen LogP contribution in [-0.4, -0.2) is 12.1 Å². The Morgan fingerprint density at radius 2 is 1.76 bits per heavy atom. The molecule has 2 rings (SSSR count). The number of pyridine rings is 1. The molecule has 0 amide bonds. The van der Waals surface area contributed by atoms with Crippen molar-refractivity contribution in [3.05, 3.63) is 59.3 Å². The van der Waals surface area contributed by atoms with Crippen LogP contribution in [0.25, 0.3) is 0 Å². The summed E-state index contributed by atoms with van der Waals surface area (Å²) in [7, 11) is 1.63. The Labute approximate surface area is 127 Å². The normalized spacial score (nSPS) is 12.1. The highest BCUT2D eigenvalue weighted by atomic mass is 16.5.